The number of nitrogens with zero attached hydrogens (tertiary/aromatic N) is 2. The van der Waals surface area contributed by atoms with Gasteiger partial charge in [-0.05, 0) is 33.6 Å². The molecule has 0 bridgehead atoms. The van der Waals surface area contributed by atoms with E-state index in [1.807, 2.05) is 13.8 Å². The standard InChI is InChI=1S/C20H38N4O3/c1-4-21-19(22-11-8-18(25)27-17(2)3)23-16-20(9-6-5-7-10-20)24-12-14-26-15-13-24/h17H,4-16H2,1-3H3,(H2,21,22,23). The molecule has 2 rings (SSSR count). The second kappa shape index (κ2) is 11.5. The minimum absolute atomic E-state index is 0.0703. The third-order valence-electron chi connectivity index (χ3n) is 5.33. The van der Waals surface area contributed by atoms with Crippen LogP contribution >= 0.6 is 0 Å². The zero-order chi connectivity index (χ0) is 19.5. The summed E-state index contributed by atoms with van der Waals surface area (Å²) in [6.45, 7) is 11.6. The average molecular weight is 383 g/mol. The Labute approximate surface area is 164 Å². The van der Waals surface area contributed by atoms with E-state index < -0.39 is 0 Å². The Bertz CT molecular complexity index is 470. The molecule has 1 saturated heterocycles. The Kier molecular flexibility index (Phi) is 9.34. The van der Waals surface area contributed by atoms with Gasteiger partial charge in [0.25, 0.3) is 0 Å². The van der Waals surface area contributed by atoms with Gasteiger partial charge in [0.15, 0.2) is 5.96 Å². The maximum atomic E-state index is 11.7. The highest BCUT2D eigenvalue weighted by Crippen LogP contribution is 2.34. The number of hydrogen-bond acceptors (Lipinski definition) is 5. The minimum atomic E-state index is -0.176. The highest BCUT2D eigenvalue weighted by atomic mass is 16.5. The van der Waals surface area contributed by atoms with Crippen molar-refractivity contribution in [2.75, 3.05) is 45.9 Å². The summed E-state index contributed by atoms with van der Waals surface area (Å²) in [5, 5.41) is 6.58. The van der Waals surface area contributed by atoms with Gasteiger partial charge in [0, 0.05) is 31.7 Å². The van der Waals surface area contributed by atoms with Gasteiger partial charge in [-0.2, -0.15) is 0 Å². The van der Waals surface area contributed by atoms with Gasteiger partial charge in [0.1, 0.15) is 0 Å². The number of aliphatic imine (C=N–C) groups is 1. The number of rotatable bonds is 8. The lowest BCUT2D eigenvalue weighted by Crippen LogP contribution is -2.56. The molecule has 2 fully saturated rings. The van der Waals surface area contributed by atoms with E-state index in [0.717, 1.165) is 45.4 Å². The van der Waals surface area contributed by atoms with Crippen molar-refractivity contribution in [1.82, 2.24) is 15.5 Å². The maximum absolute atomic E-state index is 11.7. The fourth-order valence-corrected chi connectivity index (χ4v) is 3.99. The van der Waals surface area contributed by atoms with Crippen molar-refractivity contribution in [2.45, 2.75) is 70.9 Å². The SMILES string of the molecule is CCNC(=NCC1(N2CCOCC2)CCCCC1)NCCC(=O)OC(C)C. The molecule has 0 aromatic heterocycles. The number of ether oxygens (including phenoxy) is 2. The molecule has 0 atom stereocenters. The molecular weight excluding hydrogens is 344 g/mol. The number of carbonyl (C=O) groups excluding carboxylic acids is 1. The van der Waals surface area contributed by atoms with Crippen LogP contribution in [0.1, 0.15) is 59.3 Å². The fraction of sp³-hybridized carbons (Fsp3) is 0.900. The smallest absolute Gasteiger partial charge is 0.307 e. The molecular formula is C20H38N4O3. The van der Waals surface area contributed by atoms with Crippen LogP contribution in [0.4, 0.5) is 0 Å². The molecule has 1 saturated carbocycles. The van der Waals surface area contributed by atoms with Crippen LogP contribution in [0, 0.1) is 0 Å². The lowest BCUT2D eigenvalue weighted by molar-refractivity contribution is -0.147. The molecule has 1 heterocycles. The Hall–Kier alpha value is -1.34. The van der Waals surface area contributed by atoms with Crippen LogP contribution < -0.4 is 10.6 Å². The van der Waals surface area contributed by atoms with Crippen molar-refractivity contribution in [3.8, 4) is 0 Å². The zero-order valence-corrected chi connectivity index (χ0v) is 17.4. The second-order valence-corrected chi connectivity index (χ2v) is 7.79. The van der Waals surface area contributed by atoms with E-state index in [1.54, 1.807) is 0 Å². The summed E-state index contributed by atoms with van der Waals surface area (Å²) in [4.78, 5) is 19.2. The molecule has 0 spiro atoms. The van der Waals surface area contributed by atoms with Crippen LogP contribution in [0.3, 0.4) is 0 Å². The maximum Gasteiger partial charge on any atom is 0.307 e. The van der Waals surface area contributed by atoms with Gasteiger partial charge in [0.05, 0.1) is 32.3 Å². The summed E-state index contributed by atoms with van der Waals surface area (Å²) >= 11 is 0. The molecule has 0 unspecified atom stereocenters. The van der Waals surface area contributed by atoms with Crippen molar-refractivity contribution in [3.05, 3.63) is 0 Å². The van der Waals surface area contributed by atoms with Crippen LogP contribution in [-0.4, -0.2) is 74.4 Å². The van der Waals surface area contributed by atoms with Gasteiger partial charge < -0.3 is 20.1 Å². The molecule has 0 aromatic carbocycles. The predicted molar refractivity (Wildman–Crippen MR) is 108 cm³/mol. The molecule has 2 N–H and O–H groups in total. The lowest BCUT2D eigenvalue weighted by Gasteiger charge is -2.47. The number of hydrogen-bond donors (Lipinski definition) is 2. The highest BCUT2D eigenvalue weighted by Gasteiger charge is 2.38. The van der Waals surface area contributed by atoms with E-state index in [0.29, 0.717) is 13.0 Å². The first-order chi connectivity index (χ1) is 13.1. The van der Waals surface area contributed by atoms with Crippen LogP contribution in [-0.2, 0) is 14.3 Å². The molecule has 2 aliphatic rings. The Balaban J connectivity index is 1.94. The summed E-state index contributed by atoms with van der Waals surface area (Å²) < 4.78 is 10.7. The summed E-state index contributed by atoms with van der Waals surface area (Å²) in [5.74, 6) is 0.610. The van der Waals surface area contributed by atoms with Crippen molar-refractivity contribution in [3.63, 3.8) is 0 Å². The molecule has 1 aliphatic heterocycles. The number of guanidine groups is 1. The van der Waals surface area contributed by atoms with Crippen molar-refractivity contribution in [1.29, 1.82) is 0 Å². The first-order valence-corrected chi connectivity index (χ1v) is 10.6. The quantitative estimate of drug-likeness (QED) is 0.379. The lowest BCUT2D eigenvalue weighted by atomic mass is 9.80. The summed E-state index contributed by atoms with van der Waals surface area (Å²) in [5.41, 5.74) is 0.154. The van der Waals surface area contributed by atoms with E-state index in [9.17, 15) is 4.79 Å². The Morgan fingerprint density at radius 1 is 1.19 bits per heavy atom. The number of esters is 1. The van der Waals surface area contributed by atoms with E-state index in [2.05, 4.69) is 22.5 Å². The zero-order valence-electron chi connectivity index (χ0n) is 17.4. The Morgan fingerprint density at radius 2 is 1.89 bits per heavy atom. The molecule has 7 nitrogen and oxygen atoms in total. The summed E-state index contributed by atoms with van der Waals surface area (Å²) in [6.07, 6.45) is 6.56. The molecule has 27 heavy (non-hydrogen) atoms. The summed E-state index contributed by atoms with van der Waals surface area (Å²) in [7, 11) is 0. The molecule has 7 heteroatoms. The van der Waals surface area contributed by atoms with Crippen LogP contribution in [0.25, 0.3) is 0 Å². The third-order valence-corrected chi connectivity index (χ3v) is 5.33. The molecule has 0 aromatic rings. The van der Waals surface area contributed by atoms with Gasteiger partial charge >= 0.3 is 5.97 Å². The number of morpholine rings is 1. The second-order valence-electron chi connectivity index (χ2n) is 7.79. The molecule has 156 valence electrons. The Morgan fingerprint density at radius 3 is 2.52 bits per heavy atom. The average Bonchev–Trinajstić information content (AvgIpc) is 2.67. The van der Waals surface area contributed by atoms with Crippen molar-refractivity contribution >= 4 is 11.9 Å². The fourth-order valence-electron chi connectivity index (χ4n) is 3.99. The molecule has 0 radical (unpaired) electrons. The van der Waals surface area contributed by atoms with Crippen molar-refractivity contribution in [2.24, 2.45) is 4.99 Å². The normalized spacial score (nSPS) is 21.1. The number of nitrogens with one attached hydrogen (secondary N) is 2. The van der Waals surface area contributed by atoms with E-state index >= 15 is 0 Å². The van der Waals surface area contributed by atoms with E-state index in [4.69, 9.17) is 14.5 Å². The molecule has 1 aliphatic carbocycles. The predicted octanol–water partition coefficient (Wildman–Crippen LogP) is 1.92. The minimum Gasteiger partial charge on any atom is -0.463 e. The van der Waals surface area contributed by atoms with E-state index in [-0.39, 0.29) is 17.6 Å². The van der Waals surface area contributed by atoms with Gasteiger partial charge in [-0.15, -0.1) is 0 Å². The molecule has 0 amide bonds. The largest absolute Gasteiger partial charge is 0.463 e. The monoisotopic (exact) mass is 382 g/mol. The van der Waals surface area contributed by atoms with Gasteiger partial charge in [0.2, 0.25) is 0 Å². The third kappa shape index (κ3) is 7.30. The number of carbonyl (C=O) groups is 1. The topological polar surface area (TPSA) is 75.2 Å². The highest BCUT2D eigenvalue weighted by molar-refractivity contribution is 5.80. The van der Waals surface area contributed by atoms with Crippen LogP contribution in [0.15, 0.2) is 4.99 Å². The van der Waals surface area contributed by atoms with E-state index in [1.165, 1.54) is 32.1 Å². The van der Waals surface area contributed by atoms with Crippen molar-refractivity contribution < 1.29 is 14.3 Å². The van der Waals surface area contributed by atoms with Crippen LogP contribution in [0.5, 0.6) is 0 Å². The van der Waals surface area contributed by atoms with Gasteiger partial charge in [-0.25, -0.2) is 0 Å². The summed E-state index contributed by atoms with van der Waals surface area (Å²) in [6, 6.07) is 0. The first-order valence-electron chi connectivity index (χ1n) is 10.6. The first kappa shape index (κ1) is 22.0. The van der Waals surface area contributed by atoms with Crippen LogP contribution in [0.2, 0.25) is 0 Å². The van der Waals surface area contributed by atoms with Gasteiger partial charge in [-0.3, -0.25) is 14.7 Å². The van der Waals surface area contributed by atoms with Gasteiger partial charge in [-0.1, -0.05) is 19.3 Å².